The molecule has 10 rings (SSSR count). The molecule has 10 fully saturated rings. The van der Waals surface area contributed by atoms with E-state index >= 15 is 0 Å². The van der Waals surface area contributed by atoms with Gasteiger partial charge in [-0.2, -0.15) is 8.61 Å². The van der Waals surface area contributed by atoms with Crippen molar-refractivity contribution in [1.82, 2.24) is 18.8 Å². The minimum atomic E-state index is -3.15. The third kappa shape index (κ3) is 14.0. The van der Waals surface area contributed by atoms with Gasteiger partial charge < -0.3 is 25.0 Å². The van der Waals surface area contributed by atoms with E-state index in [0.29, 0.717) is 107 Å². The number of fused-ring (bicyclic) bond motifs is 10. The van der Waals surface area contributed by atoms with Crippen molar-refractivity contribution in [3.05, 3.63) is 0 Å². The Labute approximate surface area is 464 Å². The average molecular weight is 1160 g/mol. The second kappa shape index (κ2) is 26.1. The number of ether oxygens (including phenoxy) is 2. The van der Waals surface area contributed by atoms with Crippen molar-refractivity contribution < 1.29 is 46.1 Å². The number of aliphatic hydroxyl groups is 2. The summed E-state index contributed by atoms with van der Waals surface area (Å²) in [5.74, 6) is 8.62. The molecular weight excluding hydrogens is 1060 g/mol. The van der Waals surface area contributed by atoms with Crippen LogP contribution in [0.3, 0.4) is 0 Å². The lowest BCUT2D eigenvalue weighted by atomic mass is 9.49. The number of alkyl halides is 1. The Morgan fingerprint density at radius 2 is 0.973 bits per heavy atom. The molecule has 10 aliphatic rings. The molecule has 0 aromatic heterocycles. The van der Waals surface area contributed by atoms with E-state index in [9.17, 15) is 36.6 Å². The molecule has 3 N–H and O–H groups in total. The lowest BCUT2D eigenvalue weighted by Crippen LogP contribution is -2.53. The van der Waals surface area contributed by atoms with E-state index in [4.69, 9.17) is 9.47 Å². The molecule has 2 heterocycles. The van der Waals surface area contributed by atoms with E-state index in [0.717, 1.165) is 106 Å². The van der Waals surface area contributed by atoms with E-state index in [-0.39, 0.29) is 37.5 Å². The number of nitrogens with one attached hydrogen (secondary N) is 1. The molecule has 0 amide bonds. The van der Waals surface area contributed by atoms with Crippen molar-refractivity contribution >= 4 is 47.5 Å². The van der Waals surface area contributed by atoms with Crippen molar-refractivity contribution in [3.63, 3.8) is 0 Å². The van der Waals surface area contributed by atoms with Crippen molar-refractivity contribution in [2.45, 2.75) is 169 Å². The van der Waals surface area contributed by atoms with Gasteiger partial charge in [0.25, 0.3) is 0 Å². The molecule has 0 bridgehead atoms. The molecule has 8 aliphatic carbocycles. The summed E-state index contributed by atoms with van der Waals surface area (Å²) in [4.78, 5) is 28.3. The summed E-state index contributed by atoms with van der Waals surface area (Å²) in [6, 6.07) is 0. The number of halogens is 1. The predicted octanol–water partition coefficient (Wildman–Crippen LogP) is 8.28. The van der Waals surface area contributed by atoms with Crippen molar-refractivity contribution in [3.8, 4) is 0 Å². The van der Waals surface area contributed by atoms with Crippen molar-refractivity contribution in [1.29, 1.82) is 0 Å². The molecule has 17 heteroatoms. The Bertz CT molecular complexity index is 2110. The normalized spacial score (nSPS) is 41.9. The van der Waals surface area contributed by atoms with Gasteiger partial charge in [-0.05, 0) is 199 Å². The highest BCUT2D eigenvalue weighted by Crippen LogP contribution is 2.66. The maximum Gasteiger partial charge on any atom is 0.211 e. The van der Waals surface area contributed by atoms with E-state index in [2.05, 4.69) is 40.0 Å². The molecule has 436 valence electrons. The SMILES string of the molecule is C.C.CCOC[C@@]1(O)CC[C@H]2[C@@H](CC[C@@H]3[C@@H]2CC[C@]2(C)[C@@H](C(=O)CBr)CC[C@@H]32)C1.CCOC[C@@]1(O)CC[C@H]2[C@@H](CC[C@@H]3[C@@H]2CC[C@]2(C)[C@@H](C(=O)CN4CCN(S(C)(=O)=O)CC4)CC[C@@H]32)C1.CS(=O)(=O)N1CCNCC1. The number of ketones is 2. The number of sulfonamides is 2. The molecule has 2 aliphatic heterocycles. The maximum absolute atomic E-state index is 13.6. The van der Waals surface area contributed by atoms with Crippen LogP contribution < -0.4 is 5.32 Å². The van der Waals surface area contributed by atoms with E-state index in [1.807, 2.05) is 13.8 Å². The zero-order valence-corrected chi connectivity index (χ0v) is 49.0. The lowest BCUT2D eigenvalue weighted by molar-refractivity contribution is -0.138. The predicted molar refractivity (Wildman–Crippen MR) is 303 cm³/mol. The van der Waals surface area contributed by atoms with Crippen LogP contribution in [0.15, 0.2) is 0 Å². The quantitative estimate of drug-likeness (QED) is 0.150. The van der Waals surface area contributed by atoms with Gasteiger partial charge in [0.15, 0.2) is 0 Å². The molecule has 0 unspecified atom stereocenters. The highest BCUT2D eigenvalue weighted by Gasteiger charge is 2.61. The number of carbonyl (C=O) groups is 2. The first kappa shape index (κ1) is 63.6. The van der Waals surface area contributed by atoms with Crippen LogP contribution in [0.1, 0.15) is 158 Å². The van der Waals surface area contributed by atoms with Gasteiger partial charge >= 0.3 is 0 Å². The number of hydrogen-bond acceptors (Lipinski definition) is 12. The molecule has 14 nitrogen and oxygen atoms in total. The fraction of sp³-hybridized carbons (Fsp3) is 0.966. The summed E-state index contributed by atoms with van der Waals surface area (Å²) in [7, 11) is -6.08. The van der Waals surface area contributed by atoms with Gasteiger partial charge in [-0.15, -0.1) is 0 Å². The molecule has 0 aromatic rings. The highest BCUT2D eigenvalue weighted by molar-refractivity contribution is 9.09. The largest absolute Gasteiger partial charge is 0.387 e. The molecule has 0 spiro atoms. The lowest BCUT2D eigenvalue weighted by Gasteiger charge is -2.57. The standard InChI is InChI=1S/C28H48N2O5S.C23H37BrO3.C5H12N2O2S.2CH4/c1-4-35-19-28(32)12-10-21-20(17-28)5-6-23-22(21)9-11-27(2)24(23)7-8-25(27)26(31)18-29-13-15-30(16-14-29)36(3,33)34;1-3-27-14-23(26)11-9-16-15(12-23)4-5-18-17(16)8-10-22(2)19(18)6-7-20(22)21(25)13-24;1-10(8,9)7-4-2-6-3-5-7;;/h20-25,32H,4-19H2,1-3H3;15-20,26H,3-14H2,1-2H3;6H,2-5H2,1H3;2*1H4/t20-,21-,22+,23+,24-,25+,27-,28+;15-,16-,17+,18+,19-,20+,22-,23+;;;/m00.../s1. The van der Waals surface area contributed by atoms with E-state index in [1.54, 1.807) is 0 Å². The first-order valence-electron chi connectivity index (χ1n) is 29.1. The number of piperazine rings is 2. The summed E-state index contributed by atoms with van der Waals surface area (Å²) >= 11 is 3.42. The van der Waals surface area contributed by atoms with Gasteiger partial charge in [-0.1, -0.05) is 44.6 Å². The van der Waals surface area contributed by atoms with Crippen LogP contribution in [0.2, 0.25) is 0 Å². The van der Waals surface area contributed by atoms with Gasteiger partial charge in [0.1, 0.15) is 11.6 Å². The number of carbonyl (C=O) groups excluding carboxylic acids is 2. The number of nitrogens with zero attached hydrogens (tertiary/aromatic N) is 3. The van der Waals surface area contributed by atoms with Crippen molar-refractivity contribution in [2.75, 3.05) is 103 Å². The molecule has 75 heavy (non-hydrogen) atoms. The first-order chi connectivity index (χ1) is 34.6. The van der Waals surface area contributed by atoms with Crippen molar-refractivity contribution in [2.24, 2.45) is 81.8 Å². The fourth-order valence-electron chi connectivity index (χ4n) is 18.4. The summed E-state index contributed by atoms with van der Waals surface area (Å²) in [5.41, 5.74) is -0.869. The Kier molecular flexibility index (Phi) is 22.1. The zero-order valence-electron chi connectivity index (χ0n) is 45.8. The van der Waals surface area contributed by atoms with Crippen LogP contribution in [-0.4, -0.2) is 166 Å². The maximum atomic E-state index is 13.6. The van der Waals surface area contributed by atoms with Crippen LogP contribution in [0.4, 0.5) is 0 Å². The van der Waals surface area contributed by atoms with Gasteiger partial charge in [-0.3, -0.25) is 14.5 Å². The van der Waals surface area contributed by atoms with E-state index in [1.165, 1.54) is 85.3 Å². The Morgan fingerprint density at radius 3 is 1.37 bits per heavy atom. The van der Waals surface area contributed by atoms with Gasteiger partial charge in [0, 0.05) is 77.4 Å². The summed E-state index contributed by atoms with van der Waals surface area (Å²) < 4.78 is 59.7. The second-order valence-corrected chi connectivity index (χ2v) is 30.4. The summed E-state index contributed by atoms with van der Waals surface area (Å²) in [6.07, 6.45) is 23.0. The Morgan fingerprint density at radius 1 is 0.560 bits per heavy atom. The van der Waals surface area contributed by atoms with E-state index < -0.39 is 31.2 Å². The van der Waals surface area contributed by atoms with Gasteiger partial charge in [-0.25, -0.2) is 16.8 Å². The number of Topliss-reactive ketones (excluding diaryl/α,β-unsaturated/α-hetero) is 2. The number of rotatable bonds is 13. The minimum Gasteiger partial charge on any atom is -0.387 e. The third-order valence-corrected chi connectivity index (χ3v) is 25.2. The highest BCUT2D eigenvalue weighted by atomic mass is 79.9. The molecule has 0 radical (unpaired) electrons. The van der Waals surface area contributed by atoms with Crippen LogP contribution in [0, 0.1) is 81.8 Å². The number of hydrogen-bond donors (Lipinski definition) is 3. The van der Waals surface area contributed by atoms with Gasteiger partial charge in [0.2, 0.25) is 20.0 Å². The summed E-state index contributed by atoms with van der Waals surface area (Å²) in [5, 5.41) is 25.7. The summed E-state index contributed by atoms with van der Waals surface area (Å²) in [6.45, 7) is 16.7. The fourth-order valence-corrected chi connectivity index (χ4v) is 20.5. The molecular formula is C58H105BrN4O10S2. The smallest absolute Gasteiger partial charge is 0.211 e. The topological polar surface area (TPSA) is 183 Å². The van der Waals surface area contributed by atoms with Crippen LogP contribution in [0.25, 0.3) is 0 Å². The zero-order chi connectivity index (χ0) is 52.6. The van der Waals surface area contributed by atoms with Crippen LogP contribution in [-0.2, 0) is 39.1 Å². The molecule has 8 saturated carbocycles. The molecule has 16 atom stereocenters. The van der Waals surface area contributed by atoms with Crippen LogP contribution in [0.5, 0.6) is 0 Å². The second-order valence-electron chi connectivity index (χ2n) is 25.8. The molecule has 0 aromatic carbocycles. The Hall–Kier alpha value is -0.600. The third-order valence-electron chi connectivity index (χ3n) is 22.0. The monoisotopic (exact) mass is 1160 g/mol. The first-order valence-corrected chi connectivity index (χ1v) is 33.9. The Balaban J connectivity index is 0.000000206. The minimum absolute atomic E-state index is 0. The van der Waals surface area contributed by atoms with Gasteiger partial charge in [0.05, 0.1) is 48.8 Å². The van der Waals surface area contributed by atoms with Crippen LogP contribution >= 0.6 is 15.9 Å². The average Bonchev–Trinajstić information content (AvgIpc) is 3.92. The molecule has 2 saturated heterocycles.